The van der Waals surface area contributed by atoms with Gasteiger partial charge in [0.05, 0.1) is 28.2 Å². The molecule has 0 N–H and O–H groups in total. The fourth-order valence-electron chi connectivity index (χ4n) is 3.36. The average Bonchev–Trinajstić information content (AvgIpc) is 3.10. The maximum absolute atomic E-state index is 12.8. The van der Waals surface area contributed by atoms with Crippen LogP contribution in [0.5, 0.6) is 0 Å². The summed E-state index contributed by atoms with van der Waals surface area (Å²) in [4.78, 5) is 13.0. The molecule has 4 rings (SSSR count). The molecule has 152 valence electrons. The van der Waals surface area contributed by atoms with Gasteiger partial charge in [0.2, 0.25) is 10.0 Å². The van der Waals surface area contributed by atoms with E-state index in [1.165, 1.54) is 16.4 Å². The maximum atomic E-state index is 12.8. The van der Waals surface area contributed by atoms with Gasteiger partial charge in [0.15, 0.2) is 0 Å². The van der Waals surface area contributed by atoms with Crippen molar-refractivity contribution in [2.45, 2.75) is 11.6 Å². The molecule has 2 heterocycles. The number of aromatic nitrogens is 2. The summed E-state index contributed by atoms with van der Waals surface area (Å²) in [6, 6.07) is 11.3. The second-order valence-electron chi connectivity index (χ2n) is 6.77. The van der Waals surface area contributed by atoms with Crippen molar-refractivity contribution in [2.24, 2.45) is 0 Å². The molecule has 0 unspecified atom stereocenters. The molecule has 1 aromatic heterocycles. The quantitative estimate of drug-likeness (QED) is 0.411. The summed E-state index contributed by atoms with van der Waals surface area (Å²) in [7, 11) is -3.54. The van der Waals surface area contributed by atoms with Crippen LogP contribution >= 0.6 is 15.9 Å². The van der Waals surface area contributed by atoms with Crippen molar-refractivity contribution in [1.29, 1.82) is 0 Å². The Labute approximate surface area is 175 Å². The minimum absolute atomic E-state index is 0.0178. The number of halogens is 1. The number of hydrogen-bond donors (Lipinski definition) is 0. The molecule has 9 nitrogen and oxygen atoms in total. The van der Waals surface area contributed by atoms with E-state index in [-0.39, 0.29) is 10.6 Å². The third-order valence-corrected chi connectivity index (χ3v) is 7.33. The molecular formula is C18H18BrN5O4S. The van der Waals surface area contributed by atoms with E-state index < -0.39 is 14.9 Å². The highest BCUT2D eigenvalue weighted by molar-refractivity contribution is 9.10. The molecule has 0 bridgehead atoms. The second kappa shape index (κ2) is 7.82. The molecule has 0 saturated carbocycles. The smallest absolute Gasteiger partial charge is 0.271 e. The fourth-order valence-corrected chi connectivity index (χ4v) is 5.38. The summed E-state index contributed by atoms with van der Waals surface area (Å²) in [5, 5.41) is 16.2. The van der Waals surface area contributed by atoms with Gasteiger partial charge in [0, 0.05) is 48.2 Å². The number of benzene rings is 2. The number of fused-ring (bicyclic) bond motifs is 1. The summed E-state index contributed by atoms with van der Waals surface area (Å²) in [6.45, 7) is 2.27. The molecule has 1 saturated heterocycles. The van der Waals surface area contributed by atoms with Gasteiger partial charge in [-0.3, -0.25) is 19.7 Å². The molecule has 1 fully saturated rings. The SMILES string of the molecule is O=[N+]([O-])c1ccc2cnn(CN3CCN(S(=O)(=O)c4cccc(Br)c4)CC3)c2c1. The van der Waals surface area contributed by atoms with Gasteiger partial charge >= 0.3 is 0 Å². The van der Waals surface area contributed by atoms with Crippen LogP contribution in [-0.4, -0.2) is 58.5 Å². The molecular weight excluding hydrogens is 462 g/mol. The zero-order valence-corrected chi connectivity index (χ0v) is 17.7. The van der Waals surface area contributed by atoms with Gasteiger partial charge in [-0.15, -0.1) is 0 Å². The predicted octanol–water partition coefficient (Wildman–Crippen LogP) is 2.67. The molecule has 0 radical (unpaired) electrons. The first kappa shape index (κ1) is 20.0. The third kappa shape index (κ3) is 4.04. The molecule has 0 spiro atoms. The van der Waals surface area contributed by atoms with Crippen LogP contribution in [0.15, 0.2) is 58.0 Å². The van der Waals surface area contributed by atoms with Gasteiger partial charge in [-0.25, -0.2) is 8.42 Å². The summed E-state index contributed by atoms with van der Waals surface area (Å²) >= 11 is 3.31. The van der Waals surface area contributed by atoms with Crippen LogP contribution in [0.3, 0.4) is 0 Å². The highest BCUT2D eigenvalue weighted by atomic mass is 79.9. The third-order valence-electron chi connectivity index (χ3n) is 4.94. The Morgan fingerprint density at radius 3 is 2.55 bits per heavy atom. The molecule has 0 aliphatic carbocycles. The summed E-state index contributed by atoms with van der Waals surface area (Å²) in [5.74, 6) is 0. The number of nitrogens with zero attached hydrogens (tertiary/aromatic N) is 5. The standard InChI is InChI=1S/C18H18BrN5O4S/c19-15-2-1-3-17(10-15)29(27,28)22-8-6-21(7-9-22)13-23-18-11-16(24(25)26)5-4-14(18)12-20-23/h1-5,10-12H,6-9,13H2. The number of nitro benzene ring substituents is 1. The molecule has 1 aliphatic heterocycles. The van der Waals surface area contributed by atoms with Gasteiger partial charge in [-0.2, -0.15) is 9.40 Å². The topological polar surface area (TPSA) is 102 Å². The van der Waals surface area contributed by atoms with Crippen LogP contribution in [0, 0.1) is 10.1 Å². The van der Waals surface area contributed by atoms with Crippen LogP contribution in [0.25, 0.3) is 10.9 Å². The monoisotopic (exact) mass is 479 g/mol. The van der Waals surface area contributed by atoms with Crippen molar-refractivity contribution in [3.05, 3.63) is 63.2 Å². The zero-order valence-electron chi connectivity index (χ0n) is 15.3. The van der Waals surface area contributed by atoms with Gasteiger partial charge in [-0.1, -0.05) is 22.0 Å². The molecule has 0 atom stereocenters. The van der Waals surface area contributed by atoms with E-state index in [4.69, 9.17) is 0 Å². The minimum atomic E-state index is -3.54. The van der Waals surface area contributed by atoms with E-state index >= 15 is 0 Å². The largest absolute Gasteiger partial charge is 0.282 e. The van der Waals surface area contributed by atoms with Crippen LogP contribution in [0.1, 0.15) is 0 Å². The number of rotatable bonds is 5. The van der Waals surface area contributed by atoms with Crippen LogP contribution in [0.2, 0.25) is 0 Å². The Morgan fingerprint density at radius 1 is 1.10 bits per heavy atom. The lowest BCUT2D eigenvalue weighted by Crippen LogP contribution is -2.48. The first-order valence-electron chi connectivity index (χ1n) is 8.93. The summed E-state index contributed by atoms with van der Waals surface area (Å²) < 4.78 is 29.6. The van der Waals surface area contributed by atoms with E-state index in [1.54, 1.807) is 41.2 Å². The van der Waals surface area contributed by atoms with Gasteiger partial charge in [0.25, 0.3) is 5.69 Å². The van der Waals surface area contributed by atoms with E-state index in [0.717, 1.165) is 9.86 Å². The molecule has 0 amide bonds. The lowest BCUT2D eigenvalue weighted by molar-refractivity contribution is -0.384. The van der Waals surface area contributed by atoms with Crippen molar-refractivity contribution >= 4 is 42.5 Å². The van der Waals surface area contributed by atoms with E-state index in [9.17, 15) is 18.5 Å². The summed E-state index contributed by atoms with van der Waals surface area (Å²) in [5.41, 5.74) is 0.701. The molecule has 1 aliphatic rings. The van der Waals surface area contributed by atoms with Gasteiger partial charge < -0.3 is 0 Å². The first-order chi connectivity index (χ1) is 13.8. The summed E-state index contributed by atoms with van der Waals surface area (Å²) in [6.07, 6.45) is 1.67. The molecule has 11 heteroatoms. The number of nitro groups is 1. The van der Waals surface area contributed by atoms with Crippen LogP contribution in [-0.2, 0) is 16.7 Å². The maximum Gasteiger partial charge on any atom is 0.271 e. The Hall–Kier alpha value is -2.34. The molecule has 2 aromatic carbocycles. The minimum Gasteiger partial charge on any atom is -0.282 e. The van der Waals surface area contributed by atoms with Crippen molar-refractivity contribution < 1.29 is 13.3 Å². The Balaban J connectivity index is 1.46. The Morgan fingerprint density at radius 2 is 1.86 bits per heavy atom. The predicted molar refractivity (Wildman–Crippen MR) is 111 cm³/mol. The number of piperazine rings is 1. The average molecular weight is 480 g/mol. The van der Waals surface area contributed by atoms with Crippen molar-refractivity contribution in [2.75, 3.05) is 26.2 Å². The van der Waals surface area contributed by atoms with Crippen molar-refractivity contribution in [3.63, 3.8) is 0 Å². The number of hydrogen-bond acceptors (Lipinski definition) is 6. The van der Waals surface area contributed by atoms with Gasteiger partial charge in [-0.05, 0) is 24.3 Å². The molecule has 3 aromatic rings. The van der Waals surface area contributed by atoms with E-state index in [1.807, 2.05) is 0 Å². The Kier molecular flexibility index (Phi) is 5.38. The Bertz CT molecular complexity index is 1170. The van der Waals surface area contributed by atoms with E-state index in [2.05, 4.69) is 25.9 Å². The highest BCUT2D eigenvalue weighted by Gasteiger charge is 2.28. The fraction of sp³-hybridized carbons (Fsp3) is 0.278. The van der Waals surface area contributed by atoms with Crippen molar-refractivity contribution in [1.82, 2.24) is 19.0 Å². The van der Waals surface area contributed by atoms with Crippen LogP contribution < -0.4 is 0 Å². The lowest BCUT2D eigenvalue weighted by Gasteiger charge is -2.33. The lowest BCUT2D eigenvalue weighted by atomic mass is 10.2. The van der Waals surface area contributed by atoms with Crippen molar-refractivity contribution in [3.8, 4) is 0 Å². The number of non-ortho nitro benzene ring substituents is 1. The normalized spacial score (nSPS) is 16.3. The van der Waals surface area contributed by atoms with Gasteiger partial charge in [0.1, 0.15) is 0 Å². The first-order valence-corrected chi connectivity index (χ1v) is 11.2. The van der Waals surface area contributed by atoms with Crippen LogP contribution in [0.4, 0.5) is 5.69 Å². The highest BCUT2D eigenvalue weighted by Crippen LogP contribution is 2.23. The zero-order chi connectivity index (χ0) is 20.6. The van der Waals surface area contributed by atoms with E-state index in [0.29, 0.717) is 38.4 Å². The number of sulfonamides is 1. The second-order valence-corrected chi connectivity index (χ2v) is 9.62. The molecule has 29 heavy (non-hydrogen) atoms.